The Morgan fingerprint density at radius 3 is 2.45 bits per heavy atom. The van der Waals surface area contributed by atoms with Crippen LogP contribution < -0.4 is 4.90 Å². The Morgan fingerprint density at radius 2 is 1.88 bits per heavy atom. The molecule has 1 fully saturated rings. The predicted molar refractivity (Wildman–Crippen MR) is 122 cm³/mol. The molecular formula is C21H19BrClN3O7. The molecule has 0 bridgehead atoms. The van der Waals surface area contributed by atoms with Crippen LogP contribution in [0.3, 0.4) is 0 Å². The van der Waals surface area contributed by atoms with Crippen molar-refractivity contribution in [1.29, 1.82) is 0 Å². The third kappa shape index (κ3) is 5.22. The Balaban J connectivity index is 1.99. The minimum atomic E-state index is -1.16. The van der Waals surface area contributed by atoms with Gasteiger partial charge in [-0.25, -0.2) is 4.90 Å². The van der Waals surface area contributed by atoms with Gasteiger partial charge >= 0.3 is 0 Å². The number of nitrogens with zero attached hydrogens (tertiary/aromatic N) is 3. The molecule has 1 heterocycles. The van der Waals surface area contributed by atoms with Gasteiger partial charge in [0.1, 0.15) is 11.1 Å². The zero-order valence-electron chi connectivity index (χ0n) is 17.6. The van der Waals surface area contributed by atoms with Gasteiger partial charge in [0.25, 0.3) is 17.5 Å². The highest BCUT2D eigenvalue weighted by Crippen LogP contribution is 2.30. The summed E-state index contributed by atoms with van der Waals surface area (Å²) in [5.74, 6) is -1.80. The molecule has 0 saturated carbocycles. The number of nitro benzene ring substituents is 1. The molecule has 2 aromatic rings. The average molecular weight is 541 g/mol. The van der Waals surface area contributed by atoms with Crippen LogP contribution >= 0.6 is 27.5 Å². The van der Waals surface area contributed by atoms with Gasteiger partial charge in [-0.1, -0.05) is 27.5 Å². The summed E-state index contributed by atoms with van der Waals surface area (Å²) in [6.45, 7) is -0.194. The van der Waals surface area contributed by atoms with E-state index in [1.165, 1.54) is 26.4 Å². The lowest BCUT2D eigenvalue weighted by molar-refractivity contribution is -0.384. The van der Waals surface area contributed by atoms with Gasteiger partial charge in [0.05, 0.1) is 23.6 Å². The lowest BCUT2D eigenvalue weighted by atomic mass is 10.1. The summed E-state index contributed by atoms with van der Waals surface area (Å²) in [6.07, 6.45) is -1.17. The number of amides is 3. The van der Waals surface area contributed by atoms with Crippen LogP contribution in [0.1, 0.15) is 16.8 Å². The summed E-state index contributed by atoms with van der Waals surface area (Å²) in [5.41, 5.74) is -0.164. The second kappa shape index (κ2) is 10.4. The van der Waals surface area contributed by atoms with E-state index in [1.54, 1.807) is 24.3 Å². The maximum atomic E-state index is 13.4. The first-order chi connectivity index (χ1) is 15.7. The fourth-order valence-corrected chi connectivity index (χ4v) is 3.88. The third-order valence-corrected chi connectivity index (χ3v) is 5.95. The topological polar surface area (TPSA) is 119 Å². The number of ether oxygens (including phenoxy) is 2. The fraction of sp³-hybridized carbons (Fsp3) is 0.286. The molecule has 3 amide bonds. The van der Waals surface area contributed by atoms with Gasteiger partial charge < -0.3 is 14.4 Å². The van der Waals surface area contributed by atoms with E-state index in [4.69, 9.17) is 21.1 Å². The van der Waals surface area contributed by atoms with Crippen molar-refractivity contribution in [3.63, 3.8) is 0 Å². The lowest BCUT2D eigenvalue weighted by Gasteiger charge is -2.30. The van der Waals surface area contributed by atoms with E-state index in [9.17, 15) is 24.5 Å². The molecule has 0 aliphatic carbocycles. The van der Waals surface area contributed by atoms with Crippen LogP contribution in [0.15, 0.2) is 46.9 Å². The Kier molecular flexibility index (Phi) is 7.80. The van der Waals surface area contributed by atoms with E-state index >= 15 is 0 Å². The quantitative estimate of drug-likeness (QED) is 0.218. The van der Waals surface area contributed by atoms with E-state index in [2.05, 4.69) is 15.9 Å². The number of benzene rings is 2. The Morgan fingerprint density at radius 1 is 1.24 bits per heavy atom. The summed E-state index contributed by atoms with van der Waals surface area (Å²) >= 11 is 9.16. The van der Waals surface area contributed by atoms with Gasteiger partial charge in [-0.15, -0.1) is 0 Å². The van der Waals surface area contributed by atoms with Gasteiger partial charge in [0.15, 0.2) is 6.29 Å². The SMILES string of the molecule is COC(CN(C(=O)c1ccc(Cl)c([N+](=O)[O-])c1)C1CC(=O)N(c2ccc(Br)cc2)C1=O)OC. The zero-order valence-corrected chi connectivity index (χ0v) is 19.9. The second-order valence-corrected chi connectivity index (χ2v) is 8.37. The molecule has 0 radical (unpaired) electrons. The van der Waals surface area contributed by atoms with Crippen LogP contribution in [0.25, 0.3) is 0 Å². The molecule has 3 rings (SSSR count). The number of rotatable bonds is 8. The largest absolute Gasteiger partial charge is 0.354 e. The first-order valence-electron chi connectivity index (χ1n) is 9.60. The van der Waals surface area contributed by atoms with Crippen LogP contribution in [-0.2, 0) is 19.1 Å². The second-order valence-electron chi connectivity index (χ2n) is 7.05. The van der Waals surface area contributed by atoms with Gasteiger partial charge in [0.2, 0.25) is 5.91 Å². The van der Waals surface area contributed by atoms with Crippen LogP contribution in [0.5, 0.6) is 0 Å². The van der Waals surface area contributed by atoms with Crippen LogP contribution in [-0.4, -0.2) is 60.6 Å². The van der Waals surface area contributed by atoms with E-state index in [1.807, 2.05) is 0 Å². The molecule has 1 unspecified atom stereocenters. The minimum Gasteiger partial charge on any atom is -0.354 e. The maximum absolute atomic E-state index is 13.4. The van der Waals surface area contributed by atoms with Gasteiger partial charge in [0, 0.05) is 30.3 Å². The van der Waals surface area contributed by atoms with Gasteiger partial charge in [-0.3, -0.25) is 24.5 Å². The molecule has 10 nitrogen and oxygen atoms in total. The predicted octanol–water partition coefficient (Wildman–Crippen LogP) is 3.40. The number of anilines is 1. The molecular weight excluding hydrogens is 522 g/mol. The molecule has 0 aromatic heterocycles. The molecule has 12 heteroatoms. The average Bonchev–Trinajstić information content (AvgIpc) is 3.08. The summed E-state index contributed by atoms with van der Waals surface area (Å²) in [5, 5.41) is 11.1. The number of methoxy groups -OCH3 is 2. The Hall–Kier alpha value is -2.86. The van der Waals surface area contributed by atoms with Crippen molar-refractivity contribution in [3.8, 4) is 0 Å². The third-order valence-electron chi connectivity index (χ3n) is 5.11. The molecule has 33 heavy (non-hydrogen) atoms. The van der Waals surface area contributed by atoms with E-state index in [0.29, 0.717) is 5.69 Å². The molecule has 1 atom stereocenters. The number of nitro groups is 1. The van der Waals surface area contributed by atoms with Crippen molar-refractivity contribution in [1.82, 2.24) is 4.90 Å². The van der Waals surface area contributed by atoms with E-state index < -0.39 is 40.7 Å². The summed E-state index contributed by atoms with van der Waals surface area (Å²) in [7, 11) is 2.72. The van der Waals surface area contributed by atoms with E-state index in [0.717, 1.165) is 20.3 Å². The highest BCUT2D eigenvalue weighted by Gasteiger charge is 2.45. The zero-order chi connectivity index (χ0) is 24.3. The molecule has 1 aliphatic heterocycles. The lowest BCUT2D eigenvalue weighted by Crippen LogP contribution is -2.49. The van der Waals surface area contributed by atoms with Crippen molar-refractivity contribution in [2.24, 2.45) is 0 Å². The molecule has 0 N–H and O–H groups in total. The summed E-state index contributed by atoms with van der Waals surface area (Å²) in [4.78, 5) is 52.1. The maximum Gasteiger partial charge on any atom is 0.288 e. The summed E-state index contributed by atoms with van der Waals surface area (Å²) in [6, 6.07) is 8.98. The van der Waals surface area contributed by atoms with E-state index in [-0.39, 0.29) is 23.6 Å². The van der Waals surface area contributed by atoms with Crippen LogP contribution in [0.2, 0.25) is 5.02 Å². The van der Waals surface area contributed by atoms with Crippen molar-refractivity contribution in [2.45, 2.75) is 18.8 Å². The van der Waals surface area contributed by atoms with Crippen molar-refractivity contribution < 1.29 is 28.8 Å². The molecule has 0 spiro atoms. The number of hydrogen-bond donors (Lipinski definition) is 0. The van der Waals surface area contributed by atoms with Crippen LogP contribution in [0, 0.1) is 10.1 Å². The molecule has 174 valence electrons. The highest BCUT2D eigenvalue weighted by atomic mass is 79.9. The van der Waals surface area contributed by atoms with Crippen molar-refractivity contribution in [2.75, 3.05) is 25.7 Å². The first-order valence-corrected chi connectivity index (χ1v) is 10.8. The fourth-order valence-electron chi connectivity index (χ4n) is 3.43. The monoisotopic (exact) mass is 539 g/mol. The van der Waals surface area contributed by atoms with Crippen LogP contribution in [0.4, 0.5) is 11.4 Å². The molecule has 1 aliphatic rings. The highest BCUT2D eigenvalue weighted by molar-refractivity contribution is 9.10. The van der Waals surface area contributed by atoms with Gasteiger partial charge in [-0.05, 0) is 36.4 Å². The van der Waals surface area contributed by atoms with Gasteiger partial charge in [-0.2, -0.15) is 0 Å². The number of carbonyl (C=O) groups excluding carboxylic acids is 3. The molecule has 1 saturated heterocycles. The number of carbonyl (C=O) groups is 3. The normalized spacial score (nSPS) is 15.9. The Bertz CT molecular complexity index is 1090. The number of halogens is 2. The standard InChI is InChI=1S/C21H19BrClN3O7/c1-32-19(33-2)11-24(20(28)12-3-8-15(23)16(9-12)26(30)31)17-10-18(27)25(21(17)29)14-6-4-13(22)5-7-14/h3-9,17,19H,10-11H2,1-2H3. The Labute approximate surface area is 202 Å². The minimum absolute atomic E-state index is 0.0700. The van der Waals surface area contributed by atoms with Crippen molar-refractivity contribution >= 4 is 56.6 Å². The number of hydrogen-bond acceptors (Lipinski definition) is 7. The smallest absolute Gasteiger partial charge is 0.288 e. The number of imide groups is 1. The van der Waals surface area contributed by atoms with Crippen molar-refractivity contribution in [3.05, 3.63) is 67.6 Å². The summed E-state index contributed by atoms with van der Waals surface area (Å²) < 4.78 is 11.1. The molecule has 2 aromatic carbocycles. The first kappa shape index (κ1) is 24.8.